The average Bonchev–Trinajstić information content (AvgIpc) is 3.53. The van der Waals surface area contributed by atoms with Crippen molar-refractivity contribution in [1.82, 2.24) is 24.6 Å². The van der Waals surface area contributed by atoms with Crippen LogP contribution in [0.15, 0.2) is 24.4 Å². The van der Waals surface area contributed by atoms with Gasteiger partial charge in [0, 0.05) is 18.4 Å². The van der Waals surface area contributed by atoms with Gasteiger partial charge in [-0.3, -0.25) is 9.48 Å². The molecule has 1 aromatic carbocycles. The van der Waals surface area contributed by atoms with Gasteiger partial charge in [0.05, 0.1) is 28.8 Å². The molecule has 1 aliphatic heterocycles. The largest absolute Gasteiger partial charge is 0.354 e. The number of hydrogen-bond acceptors (Lipinski definition) is 7. The quantitative estimate of drug-likeness (QED) is 0.538. The second kappa shape index (κ2) is 8.79. The minimum absolute atomic E-state index is 0.146. The van der Waals surface area contributed by atoms with Crippen LogP contribution in [0.1, 0.15) is 60.9 Å². The minimum Gasteiger partial charge on any atom is -0.354 e. The van der Waals surface area contributed by atoms with E-state index < -0.39 is 5.92 Å². The molecule has 33 heavy (non-hydrogen) atoms. The summed E-state index contributed by atoms with van der Waals surface area (Å²) >= 11 is 0. The summed E-state index contributed by atoms with van der Waals surface area (Å²) in [5.74, 6) is -0.278. The molecule has 2 aliphatic rings. The SMILES string of the molecule is CN(C)CCCNc1nc(C2C(=O)Nc3ccc(C#N)cc32)c2cn(C3CCCC3)nc2n1. The van der Waals surface area contributed by atoms with Crippen LogP contribution in [0.2, 0.25) is 0 Å². The Morgan fingerprint density at radius 2 is 2.09 bits per heavy atom. The summed E-state index contributed by atoms with van der Waals surface area (Å²) in [4.78, 5) is 24.7. The molecule has 1 atom stereocenters. The molecule has 0 saturated heterocycles. The predicted octanol–water partition coefficient (Wildman–Crippen LogP) is 3.26. The van der Waals surface area contributed by atoms with Gasteiger partial charge in [-0.2, -0.15) is 15.3 Å². The lowest BCUT2D eigenvalue weighted by molar-refractivity contribution is -0.116. The molecule has 2 N–H and O–H groups in total. The summed E-state index contributed by atoms with van der Waals surface area (Å²) in [6.45, 7) is 1.67. The van der Waals surface area contributed by atoms with Crippen molar-refractivity contribution < 1.29 is 4.79 Å². The van der Waals surface area contributed by atoms with Crippen LogP contribution in [0.3, 0.4) is 0 Å². The maximum Gasteiger partial charge on any atom is 0.238 e. The first-order valence-electron chi connectivity index (χ1n) is 11.5. The summed E-state index contributed by atoms with van der Waals surface area (Å²) in [6, 6.07) is 7.81. The van der Waals surface area contributed by atoms with Gasteiger partial charge in [0.1, 0.15) is 5.92 Å². The molecule has 3 heterocycles. The number of nitrogens with zero attached hydrogens (tertiary/aromatic N) is 6. The third kappa shape index (κ3) is 4.14. The smallest absolute Gasteiger partial charge is 0.238 e. The predicted molar refractivity (Wildman–Crippen MR) is 126 cm³/mol. The summed E-state index contributed by atoms with van der Waals surface area (Å²) in [5.41, 5.74) is 3.24. The van der Waals surface area contributed by atoms with Gasteiger partial charge in [-0.25, -0.2) is 4.98 Å². The van der Waals surface area contributed by atoms with Crippen molar-refractivity contribution in [3.05, 3.63) is 41.2 Å². The molecule has 0 bridgehead atoms. The van der Waals surface area contributed by atoms with Crippen LogP contribution < -0.4 is 10.6 Å². The number of nitriles is 1. The summed E-state index contributed by atoms with van der Waals surface area (Å²) in [5, 5.41) is 21.2. The summed E-state index contributed by atoms with van der Waals surface area (Å²) in [7, 11) is 4.09. The van der Waals surface area contributed by atoms with Crippen molar-refractivity contribution in [2.45, 2.75) is 44.1 Å². The van der Waals surface area contributed by atoms with Gasteiger partial charge in [-0.15, -0.1) is 0 Å². The van der Waals surface area contributed by atoms with Crippen LogP contribution in [0.5, 0.6) is 0 Å². The van der Waals surface area contributed by atoms with Gasteiger partial charge in [-0.1, -0.05) is 12.8 Å². The van der Waals surface area contributed by atoms with Crippen molar-refractivity contribution in [1.29, 1.82) is 5.26 Å². The Labute approximate surface area is 192 Å². The summed E-state index contributed by atoms with van der Waals surface area (Å²) < 4.78 is 2.01. The Balaban J connectivity index is 1.57. The molecule has 1 amide bonds. The number of benzene rings is 1. The number of anilines is 2. The number of amides is 1. The maximum absolute atomic E-state index is 13.1. The molecule has 1 aliphatic carbocycles. The third-order valence-electron chi connectivity index (χ3n) is 6.48. The van der Waals surface area contributed by atoms with E-state index in [1.54, 1.807) is 18.2 Å². The van der Waals surface area contributed by atoms with Crippen molar-refractivity contribution in [3.63, 3.8) is 0 Å². The molecule has 9 nitrogen and oxygen atoms in total. The molecular weight excluding hydrogens is 416 g/mol. The molecule has 5 rings (SSSR count). The van der Waals surface area contributed by atoms with Crippen molar-refractivity contribution in [2.24, 2.45) is 0 Å². The zero-order chi connectivity index (χ0) is 22.9. The van der Waals surface area contributed by atoms with E-state index in [9.17, 15) is 10.1 Å². The van der Waals surface area contributed by atoms with Crippen molar-refractivity contribution in [3.8, 4) is 6.07 Å². The van der Waals surface area contributed by atoms with Crippen molar-refractivity contribution >= 4 is 28.6 Å². The van der Waals surface area contributed by atoms with E-state index in [4.69, 9.17) is 10.1 Å². The van der Waals surface area contributed by atoms with Crippen LogP contribution in [-0.2, 0) is 4.79 Å². The average molecular weight is 445 g/mol. The van der Waals surface area contributed by atoms with Crippen LogP contribution in [-0.4, -0.2) is 57.7 Å². The van der Waals surface area contributed by atoms with Gasteiger partial charge >= 0.3 is 0 Å². The van der Waals surface area contributed by atoms with Gasteiger partial charge in [0.2, 0.25) is 11.9 Å². The van der Waals surface area contributed by atoms with E-state index in [2.05, 4.69) is 26.6 Å². The van der Waals surface area contributed by atoms with Crippen LogP contribution in [0.25, 0.3) is 11.0 Å². The summed E-state index contributed by atoms with van der Waals surface area (Å²) in [6.07, 6.45) is 7.55. The number of rotatable bonds is 7. The second-order valence-electron chi connectivity index (χ2n) is 9.14. The first kappa shape index (κ1) is 21.3. The van der Waals surface area contributed by atoms with Gasteiger partial charge in [-0.05, 0) is 63.7 Å². The van der Waals surface area contributed by atoms with Crippen molar-refractivity contribution in [2.75, 3.05) is 37.8 Å². The fourth-order valence-electron chi connectivity index (χ4n) is 4.80. The molecule has 2 aromatic heterocycles. The molecule has 1 saturated carbocycles. The highest BCUT2D eigenvalue weighted by Crippen LogP contribution is 2.40. The molecule has 0 radical (unpaired) electrons. The number of hydrogen-bond donors (Lipinski definition) is 2. The number of fused-ring (bicyclic) bond motifs is 2. The maximum atomic E-state index is 13.1. The van der Waals surface area contributed by atoms with Gasteiger partial charge in [0.25, 0.3) is 0 Å². The molecule has 9 heteroatoms. The zero-order valence-electron chi connectivity index (χ0n) is 19.0. The fraction of sp³-hybridized carbons (Fsp3) is 0.458. The van der Waals surface area contributed by atoms with E-state index >= 15 is 0 Å². The highest BCUT2D eigenvalue weighted by Gasteiger charge is 2.36. The van der Waals surface area contributed by atoms with E-state index in [1.165, 1.54) is 12.8 Å². The number of carbonyl (C=O) groups excluding carboxylic acids is 1. The highest BCUT2D eigenvalue weighted by molar-refractivity contribution is 6.06. The lowest BCUT2D eigenvalue weighted by Crippen LogP contribution is -2.18. The second-order valence-corrected chi connectivity index (χ2v) is 9.14. The first-order chi connectivity index (χ1) is 16.0. The highest BCUT2D eigenvalue weighted by atomic mass is 16.2. The molecule has 0 spiro atoms. The Morgan fingerprint density at radius 3 is 2.85 bits per heavy atom. The van der Waals surface area contributed by atoms with E-state index in [0.717, 1.165) is 49.0 Å². The fourth-order valence-corrected chi connectivity index (χ4v) is 4.80. The first-order valence-corrected chi connectivity index (χ1v) is 11.5. The van der Waals surface area contributed by atoms with E-state index in [1.807, 2.05) is 25.0 Å². The van der Waals surface area contributed by atoms with E-state index in [-0.39, 0.29) is 5.91 Å². The molecule has 170 valence electrons. The monoisotopic (exact) mass is 444 g/mol. The topological polar surface area (TPSA) is 112 Å². The molecule has 1 fully saturated rings. The van der Waals surface area contributed by atoms with Crippen LogP contribution >= 0.6 is 0 Å². The normalized spacial score (nSPS) is 18.0. The Hall–Kier alpha value is -3.51. The number of aromatic nitrogens is 4. The van der Waals surface area contributed by atoms with Gasteiger partial charge < -0.3 is 15.5 Å². The zero-order valence-corrected chi connectivity index (χ0v) is 19.0. The van der Waals surface area contributed by atoms with Gasteiger partial charge in [0.15, 0.2) is 5.65 Å². The third-order valence-corrected chi connectivity index (χ3v) is 6.48. The Morgan fingerprint density at radius 1 is 1.27 bits per heavy atom. The molecule has 1 unspecified atom stereocenters. The Bertz CT molecular complexity index is 1240. The van der Waals surface area contributed by atoms with E-state index in [0.29, 0.717) is 28.9 Å². The number of carbonyl (C=O) groups is 1. The van der Waals surface area contributed by atoms with Crippen LogP contribution in [0.4, 0.5) is 11.6 Å². The minimum atomic E-state index is -0.609. The van der Waals surface area contributed by atoms with Crippen LogP contribution in [0, 0.1) is 11.3 Å². The lowest BCUT2D eigenvalue weighted by Gasteiger charge is -2.13. The Kier molecular flexibility index (Phi) is 5.68. The molecule has 3 aromatic rings. The molecular formula is C24H28N8O. The standard InChI is InChI=1S/C24H28N8O/c1-31(2)11-5-10-26-24-28-21(18-14-32(30-22(18)29-24)16-6-3-4-7-16)20-17-12-15(13-25)8-9-19(17)27-23(20)33/h8-9,12,14,16,20H,3-7,10-11H2,1-2H3,(H,27,33)(H,26,29,30). The number of nitrogens with one attached hydrogen (secondary N) is 2. The lowest BCUT2D eigenvalue weighted by atomic mass is 9.94.